The molecule has 0 spiro atoms. The van der Waals surface area contributed by atoms with E-state index in [1.165, 1.54) is 22.8 Å². The number of carbonyl (C=O) groups is 1. The Morgan fingerprint density at radius 2 is 2.00 bits per heavy atom. The number of rotatable bonds is 5. The molecule has 0 aliphatic carbocycles. The SMILES string of the molecule is CC(O)CC(=O)N(C)CCn1cnc2c1c(=O)n(C)c(=O)n2C. The molecule has 2 aromatic heterocycles. The molecule has 9 heteroatoms. The monoisotopic (exact) mass is 323 g/mol. The van der Waals surface area contributed by atoms with Crippen LogP contribution in [-0.2, 0) is 25.4 Å². The number of fused-ring (bicyclic) bond motifs is 1. The number of aliphatic hydroxyl groups excluding tert-OH is 1. The predicted molar refractivity (Wildman–Crippen MR) is 84.1 cm³/mol. The minimum Gasteiger partial charge on any atom is -0.393 e. The summed E-state index contributed by atoms with van der Waals surface area (Å²) >= 11 is 0. The smallest absolute Gasteiger partial charge is 0.332 e. The van der Waals surface area contributed by atoms with Crippen LogP contribution in [0.1, 0.15) is 13.3 Å². The highest BCUT2D eigenvalue weighted by molar-refractivity contribution is 5.76. The molecular weight excluding hydrogens is 302 g/mol. The summed E-state index contributed by atoms with van der Waals surface area (Å²) in [6, 6.07) is 0. The minimum absolute atomic E-state index is 0.0530. The van der Waals surface area contributed by atoms with E-state index in [-0.39, 0.29) is 12.3 Å². The highest BCUT2D eigenvalue weighted by Crippen LogP contribution is 2.06. The van der Waals surface area contributed by atoms with Crippen molar-refractivity contribution in [2.75, 3.05) is 13.6 Å². The van der Waals surface area contributed by atoms with Crippen molar-refractivity contribution in [3.63, 3.8) is 0 Å². The molecule has 0 radical (unpaired) electrons. The second kappa shape index (κ2) is 6.37. The third-order valence-electron chi connectivity index (χ3n) is 3.79. The molecule has 0 fully saturated rings. The Labute approximate surface area is 132 Å². The van der Waals surface area contributed by atoms with Crippen LogP contribution in [0, 0.1) is 0 Å². The topological polar surface area (TPSA) is 102 Å². The van der Waals surface area contributed by atoms with E-state index in [0.29, 0.717) is 24.3 Å². The first-order chi connectivity index (χ1) is 10.7. The van der Waals surface area contributed by atoms with Gasteiger partial charge in [0.2, 0.25) is 5.91 Å². The van der Waals surface area contributed by atoms with E-state index in [0.717, 1.165) is 4.57 Å². The summed E-state index contributed by atoms with van der Waals surface area (Å²) in [5.41, 5.74) is -0.211. The van der Waals surface area contributed by atoms with E-state index in [9.17, 15) is 19.5 Å². The number of likely N-dealkylation sites (N-methyl/N-ethyl adjacent to an activating group) is 1. The van der Waals surface area contributed by atoms with Crippen molar-refractivity contribution in [3.05, 3.63) is 27.2 Å². The van der Waals surface area contributed by atoms with E-state index in [1.807, 2.05) is 0 Å². The molecule has 1 unspecified atom stereocenters. The van der Waals surface area contributed by atoms with E-state index < -0.39 is 17.4 Å². The van der Waals surface area contributed by atoms with Crippen LogP contribution in [0.3, 0.4) is 0 Å². The molecule has 0 aliphatic rings. The number of carbonyl (C=O) groups excluding carboxylic acids is 1. The van der Waals surface area contributed by atoms with Gasteiger partial charge in [0.05, 0.1) is 18.9 Å². The van der Waals surface area contributed by atoms with Gasteiger partial charge in [-0.2, -0.15) is 0 Å². The van der Waals surface area contributed by atoms with E-state index in [1.54, 1.807) is 25.6 Å². The third kappa shape index (κ3) is 3.19. The molecule has 126 valence electrons. The van der Waals surface area contributed by atoms with Gasteiger partial charge < -0.3 is 14.6 Å². The first kappa shape index (κ1) is 16.9. The zero-order valence-corrected chi connectivity index (χ0v) is 13.7. The molecule has 2 aromatic rings. The third-order valence-corrected chi connectivity index (χ3v) is 3.79. The maximum Gasteiger partial charge on any atom is 0.332 e. The molecule has 2 rings (SSSR count). The number of aromatic nitrogens is 4. The van der Waals surface area contributed by atoms with Gasteiger partial charge in [-0.15, -0.1) is 0 Å². The summed E-state index contributed by atoms with van der Waals surface area (Å²) in [4.78, 5) is 41.6. The largest absolute Gasteiger partial charge is 0.393 e. The van der Waals surface area contributed by atoms with Crippen LogP contribution < -0.4 is 11.2 Å². The molecule has 0 aromatic carbocycles. The number of aryl methyl sites for hydroxylation is 1. The Morgan fingerprint density at radius 3 is 2.61 bits per heavy atom. The van der Waals surface area contributed by atoms with Crippen molar-refractivity contribution in [1.82, 2.24) is 23.6 Å². The van der Waals surface area contributed by atoms with Gasteiger partial charge in [0, 0.05) is 34.2 Å². The van der Waals surface area contributed by atoms with Crippen molar-refractivity contribution in [3.8, 4) is 0 Å². The lowest BCUT2D eigenvalue weighted by Gasteiger charge is -2.18. The van der Waals surface area contributed by atoms with E-state index in [4.69, 9.17) is 0 Å². The lowest BCUT2D eigenvalue weighted by atomic mass is 10.2. The van der Waals surface area contributed by atoms with Gasteiger partial charge in [0.25, 0.3) is 5.56 Å². The fraction of sp³-hybridized carbons (Fsp3) is 0.571. The Morgan fingerprint density at radius 1 is 1.35 bits per heavy atom. The highest BCUT2D eigenvalue weighted by Gasteiger charge is 2.16. The summed E-state index contributed by atoms with van der Waals surface area (Å²) < 4.78 is 3.97. The molecule has 23 heavy (non-hydrogen) atoms. The molecule has 1 N–H and O–H groups in total. The van der Waals surface area contributed by atoms with Crippen molar-refractivity contribution in [1.29, 1.82) is 0 Å². The molecule has 9 nitrogen and oxygen atoms in total. The number of hydrogen-bond acceptors (Lipinski definition) is 5. The van der Waals surface area contributed by atoms with Gasteiger partial charge in [-0.3, -0.25) is 18.7 Å². The molecule has 2 heterocycles. The number of hydrogen-bond donors (Lipinski definition) is 1. The molecule has 1 atom stereocenters. The van der Waals surface area contributed by atoms with Gasteiger partial charge in [-0.25, -0.2) is 9.78 Å². The van der Waals surface area contributed by atoms with Crippen LogP contribution in [0.15, 0.2) is 15.9 Å². The standard InChI is InChI=1S/C14H21N5O4/c1-9(20)7-10(21)16(2)5-6-19-8-15-12-11(19)13(22)18(4)14(23)17(12)3/h8-9,20H,5-7H2,1-4H3. The second-order valence-corrected chi connectivity index (χ2v) is 5.68. The highest BCUT2D eigenvalue weighted by atomic mass is 16.3. The maximum absolute atomic E-state index is 12.3. The van der Waals surface area contributed by atoms with Crippen LogP contribution in [0.2, 0.25) is 0 Å². The summed E-state index contributed by atoms with van der Waals surface area (Å²) in [5, 5.41) is 9.25. The maximum atomic E-state index is 12.3. The fourth-order valence-corrected chi connectivity index (χ4v) is 2.36. The van der Waals surface area contributed by atoms with Gasteiger partial charge in [0.1, 0.15) is 0 Å². The second-order valence-electron chi connectivity index (χ2n) is 5.68. The quantitative estimate of drug-likeness (QED) is 0.734. The number of imidazole rings is 1. The van der Waals surface area contributed by atoms with Crippen LogP contribution >= 0.6 is 0 Å². The predicted octanol–water partition coefficient (Wildman–Crippen LogP) is -1.34. The normalized spacial score (nSPS) is 12.6. The van der Waals surface area contributed by atoms with Crippen molar-refractivity contribution >= 4 is 17.1 Å². The van der Waals surface area contributed by atoms with Crippen molar-refractivity contribution in [2.24, 2.45) is 14.1 Å². The van der Waals surface area contributed by atoms with Gasteiger partial charge in [0.15, 0.2) is 11.2 Å². The molecule has 1 amide bonds. The lowest BCUT2D eigenvalue weighted by Crippen LogP contribution is -2.38. The number of aliphatic hydroxyl groups is 1. The number of nitrogens with zero attached hydrogens (tertiary/aromatic N) is 5. The van der Waals surface area contributed by atoms with Crippen LogP contribution in [-0.4, -0.2) is 54.3 Å². The van der Waals surface area contributed by atoms with Crippen molar-refractivity contribution < 1.29 is 9.90 Å². The average molecular weight is 323 g/mol. The molecule has 0 saturated heterocycles. The summed E-state index contributed by atoms with van der Waals surface area (Å²) in [5.74, 6) is -0.176. The summed E-state index contributed by atoms with van der Waals surface area (Å²) in [6.45, 7) is 2.29. The van der Waals surface area contributed by atoms with Crippen LogP contribution in [0.25, 0.3) is 11.2 Å². The molecule has 0 bridgehead atoms. The Kier molecular flexibility index (Phi) is 4.69. The zero-order chi connectivity index (χ0) is 17.3. The van der Waals surface area contributed by atoms with E-state index in [2.05, 4.69) is 4.98 Å². The van der Waals surface area contributed by atoms with E-state index >= 15 is 0 Å². The lowest BCUT2D eigenvalue weighted by molar-refractivity contribution is -0.131. The molecular formula is C14H21N5O4. The fourth-order valence-electron chi connectivity index (χ4n) is 2.36. The Balaban J connectivity index is 2.27. The molecule has 0 aliphatic heterocycles. The zero-order valence-electron chi connectivity index (χ0n) is 13.7. The molecule has 0 saturated carbocycles. The van der Waals surface area contributed by atoms with Crippen molar-refractivity contribution in [2.45, 2.75) is 26.0 Å². The number of amides is 1. The summed E-state index contributed by atoms with van der Waals surface area (Å²) in [6.07, 6.45) is 0.844. The average Bonchev–Trinajstić information content (AvgIpc) is 2.91. The van der Waals surface area contributed by atoms with Gasteiger partial charge in [-0.1, -0.05) is 0 Å². The van der Waals surface area contributed by atoms with Crippen LogP contribution in [0.5, 0.6) is 0 Å². The summed E-state index contributed by atoms with van der Waals surface area (Å²) in [7, 11) is 4.61. The Hall–Kier alpha value is -2.42. The van der Waals surface area contributed by atoms with Gasteiger partial charge in [-0.05, 0) is 6.92 Å². The Bertz CT molecular complexity index is 845. The first-order valence-corrected chi connectivity index (χ1v) is 7.27. The van der Waals surface area contributed by atoms with Gasteiger partial charge >= 0.3 is 5.69 Å². The van der Waals surface area contributed by atoms with Crippen LogP contribution in [0.4, 0.5) is 0 Å². The first-order valence-electron chi connectivity index (χ1n) is 7.27. The minimum atomic E-state index is -0.694.